The molecule has 0 spiro atoms. The zero-order valence-corrected chi connectivity index (χ0v) is 12.3. The molecule has 18 heavy (non-hydrogen) atoms. The molecule has 1 nitrogen and oxygen atoms in total. The van der Waals surface area contributed by atoms with E-state index in [4.69, 9.17) is 0 Å². The summed E-state index contributed by atoms with van der Waals surface area (Å²) in [4.78, 5) is 4.04. The van der Waals surface area contributed by atoms with Crippen LogP contribution in [0.2, 0.25) is 0 Å². The van der Waals surface area contributed by atoms with Crippen molar-refractivity contribution in [2.75, 3.05) is 18.8 Å². The minimum atomic E-state index is 1.14. The van der Waals surface area contributed by atoms with Crippen LogP contribution in [0.1, 0.15) is 44.6 Å². The third-order valence-electron chi connectivity index (χ3n) is 3.52. The first-order valence-corrected chi connectivity index (χ1v) is 8.31. The van der Waals surface area contributed by atoms with E-state index in [2.05, 4.69) is 36.1 Å². The summed E-state index contributed by atoms with van der Waals surface area (Å²) in [5.41, 5.74) is 1.48. The van der Waals surface area contributed by atoms with E-state index in [1.807, 2.05) is 11.8 Å². The van der Waals surface area contributed by atoms with Crippen molar-refractivity contribution in [1.29, 1.82) is 0 Å². The molecule has 0 aromatic heterocycles. The minimum absolute atomic E-state index is 1.14. The van der Waals surface area contributed by atoms with E-state index in [9.17, 15) is 0 Å². The van der Waals surface area contributed by atoms with E-state index >= 15 is 0 Å². The van der Waals surface area contributed by atoms with Gasteiger partial charge in [-0.3, -0.25) is 4.90 Å². The Morgan fingerprint density at radius 2 is 2.00 bits per heavy atom. The number of rotatable bonds is 6. The van der Waals surface area contributed by atoms with E-state index in [1.165, 1.54) is 61.4 Å². The lowest BCUT2D eigenvalue weighted by atomic mass is 10.1. The van der Waals surface area contributed by atoms with Gasteiger partial charge in [-0.05, 0) is 55.8 Å². The average Bonchev–Trinajstić information content (AvgIpc) is 2.41. The summed E-state index contributed by atoms with van der Waals surface area (Å²) >= 11 is 2.00. The van der Waals surface area contributed by atoms with Crippen LogP contribution >= 0.6 is 11.8 Å². The highest BCUT2D eigenvalue weighted by molar-refractivity contribution is 7.99. The van der Waals surface area contributed by atoms with Gasteiger partial charge < -0.3 is 0 Å². The molecule has 0 saturated carbocycles. The Bertz CT molecular complexity index is 345. The van der Waals surface area contributed by atoms with Gasteiger partial charge in [0, 0.05) is 11.4 Å². The minimum Gasteiger partial charge on any atom is -0.299 e. The molecule has 0 atom stereocenters. The largest absolute Gasteiger partial charge is 0.299 e. The summed E-state index contributed by atoms with van der Waals surface area (Å²) in [6.07, 6.45) is 6.79. The normalized spacial score (nSPS) is 16.9. The standard InChI is InChI=1S/C16H25NS/c1-2-3-12-18-16-9-7-8-15(13-16)14-17-10-5-4-6-11-17/h7-9,13H,2-6,10-12,14H2,1H3. The highest BCUT2D eigenvalue weighted by Gasteiger charge is 2.10. The third-order valence-corrected chi connectivity index (χ3v) is 4.60. The van der Waals surface area contributed by atoms with Crippen molar-refractivity contribution < 1.29 is 0 Å². The second-order valence-corrected chi connectivity index (χ2v) is 6.35. The van der Waals surface area contributed by atoms with Crippen molar-refractivity contribution >= 4 is 11.8 Å². The maximum Gasteiger partial charge on any atom is 0.0234 e. The third kappa shape index (κ3) is 4.66. The van der Waals surface area contributed by atoms with Crippen molar-refractivity contribution in [2.45, 2.75) is 50.5 Å². The Hall–Kier alpha value is -0.470. The number of hydrogen-bond acceptors (Lipinski definition) is 2. The Morgan fingerprint density at radius 1 is 1.17 bits per heavy atom. The zero-order valence-electron chi connectivity index (χ0n) is 11.5. The smallest absolute Gasteiger partial charge is 0.0234 e. The fourth-order valence-corrected chi connectivity index (χ4v) is 3.52. The first kappa shape index (κ1) is 14.0. The van der Waals surface area contributed by atoms with Gasteiger partial charge >= 0.3 is 0 Å². The van der Waals surface area contributed by atoms with Gasteiger partial charge in [0.1, 0.15) is 0 Å². The van der Waals surface area contributed by atoms with Crippen LogP contribution in [0.25, 0.3) is 0 Å². The molecule has 0 radical (unpaired) electrons. The predicted molar refractivity (Wildman–Crippen MR) is 81.2 cm³/mol. The number of likely N-dealkylation sites (tertiary alicyclic amines) is 1. The lowest BCUT2D eigenvalue weighted by molar-refractivity contribution is 0.221. The summed E-state index contributed by atoms with van der Waals surface area (Å²) in [7, 11) is 0. The maximum absolute atomic E-state index is 2.60. The molecule has 0 unspecified atom stereocenters. The lowest BCUT2D eigenvalue weighted by Crippen LogP contribution is -2.29. The Kier molecular flexibility index (Phi) is 6.09. The molecule has 0 N–H and O–H groups in total. The van der Waals surface area contributed by atoms with Gasteiger partial charge in [-0.25, -0.2) is 0 Å². The van der Waals surface area contributed by atoms with Crippen LogP contribution < -0.4 is 0 Å². The van der Waals surface area contributed by atoms with Crippen LogP contribution in [-0.2, 0) is 6.54 Å². The molecular weight excluding hydrogens is 238 g/mol. The SMILES string of the molecule is CCCCSc1cccc(CN2CCCCC2)c1. The van der Waals surface area contributed by atoms with Crippen LogP contribution in [0.5, 0.6) is 0 Å². The number of nitrogens with zero attached hydrogens (tertiary/aromatic N) is 1. The summed E-state index contributed by atoms with van der Waals surface area (Å²) in [5, 5.41) is 0. The van der Waals surface area contributed by atoms with Crippen LogP contribution in [0.3, 0.4) is 0 Å². The van der Waals surface area contributed by atoms with Crippen molar-refractivity contribution in [2.24, 2.45) is 0 Å². The van der Waals surface area contributed by atoms with E-state index in [-0.39, 0.29) is 0 Å². The Morgan fingerprint density at radius 3 is 2.78 bits per heavy atom. The van der Waals surface area contributed by atoms with Gasteiger partial charge in [0.25, 0.3) is 0 Å². The zero-order chi connectivity index (χ0) is 12.6. The maximum atomic E-state index is 2.60. The molecule has 0 amide bonds. The first-order chi connectivity index (χ1) is 8.88. The summed E-state index contributed by atoms with van der Waals surface area (Å²) < 4.78 is 0. The number of thioether (sulfide) groups is 1. The topological polar surface area (TPSA) is 3.24 Å². The van der Waals surface area contributed by atoms with Crippen LogP contribution in [-0.4, -0.2) is 23.7 Å². The summed E-state index contributed by atoms with van der Waals surface area (Å²) in [6.45, 7) is 5.97. The van der Waals surface area contributed by atoms with Gasteiger partial charge in [0.2, 0.25) is 0 Å². The molecule has 1 heterocycles. The van der Waals surface area contributed by atoms with Crippen molar-refractivity contribution in [3.05, 3.63) is 29.8 Å². The molecule has 1 aromatic rings. The molecule has 100 valence electrons. The molecule has 0 bridgehead atoms. The Balaban J connectivity index is 1.85. The number of unbranched alkanes of at least 4 members (excludes halogenated alkanes) is 1. The number of hydrogen-bond donors (Lipinski definition) is 0. The van der Waals surface area contributed by atoms with Gasteiger partial charge in [0.05, 0.1) is 0 Å². The van der Waals surface area contributed by atoms with Gasteiger partial charge in [-0.2, -0.15) is 0 Å². The van der Waals surface area contributed by atoms with Crippen LogP contribution in [0, 0.1) is 0 Å². The monoisotopic (exact) mass is 263 g/mol. The lowest BCUT2D eigenvalue weighted by Gasteiger charge is -2.26. The number of benzene rings is 1. The average molecular weight is 263 g/mol. The predicted octanol–water partition coefficient (Wildman–Crippen LogP) is 4.56. The quantitative estimate of drug-likeness (QED) is 0.546. The first-order valence-electron chi connectivity index (χ1n) is 7.32. The van der Waals surface area contributed by atoms with Crippen molar-refractivity contribution in [1.82, 2.24) is 4.90 Å². The fourth-order valence-electron chi connectivity index (χ4n) is 2.44. The summed E-state index contributed by atoms with van der Waals surface area (Å²) in [5.74, 6) is 1.25. The van der Waals surface area contributed by atoms with E-state index < -0.39 is 0 Å². The molecular formula is C16H25NS. The molecule has 1 saturated heterocycles. The van der Waals surface area contributed by atoms with Crippen LogP contribution in [0.4, 0.5) is 0 Å². The van der Waals surface area contributed by atoms with Gasteiger partial charge in [-0.1, -0.05) is 31.9 Å². The van der Waals surface area contributed by atoms with Gasteiger partial charge in [-0.15, -0.1) is 11.8 Å². The van der Waals surface area contributed by atoms with E-state index in [0.29, 0.717) is 0 Å². The van der Waals surface area contributed by atoms with Crippen molar-refractivity contribution in [3.8, 4) is 0 Å². The van der Waals surface area contributed by atoms with Crippen molar-refractivity contribution in [3.63, 3.8) is 0 Å². The molecule has 0 aliphatic carbocycles. The van der Waals surface area contributed by atoms with Gasteiger partial charge in [0.15, 0.2) is 0 Å². The van der Waals surface area contributed by atoms with Crippen LogP contribution in [0.15, 0.2) is 29.2 Å². The highest BCUT2D eigenvalue weighted by Crippen LogP contribution is 2.22. The Labute approximate surface area is 116 Å². The van der Waals surface area contributed by atoms with E-state index in [0.717, 1.165) is 6.54 Å². The van der Waals surface area contributed by atoms with E-state index in [1.54, 1.807) is 0 Å². The molecule has 1 aromatic carbocycles. The second-order valence-electron chi connectivity index (χ2n) is 5.19. The summed E-state index contributed by atoms with van der Waals surface area (Å²) in [6, 6.07) is 9.13. The highest BCUT2D eigenvalue weighted by atomic mass is 32.2. The second kappa shape index (κ2) is 7.85. The fraction of sp³-hybridized carbons (Fsp3) is 0.625. The number of piperidine rings is 1. The molecule has 1 aliphatic heterocycles. The molecule has 1 fully saturated rings. The molecule has 2 rings (SSSR count). The molecule has 1 aliphatic rings. The molecule has 2 heteroatoms.